The van der Waals surface area contributed by atoms with Gasteiger partial charge in [0, 0.05) is 11.4 Å². The van der Waals surface area contributed by atoms with Crippen LogP contribution in [0.2, 0.25) is 0 Å². The van der Waals surface area contributed by atoms with Gasteiger partial charge in [0.2, 0.25) is 0 Å². The summed E-state index contributed by atoms with van der Waals surface area (Å²) < 4.78 is 0. The van der Waals surface area contributed by atoms with E-state index in [1.807, 2.05) is 0 Å². The summed E-state index contributed by atoms with van der Waals surface area (Å²) in [7, 11) is 0. The van der Waals surface area contributed by atoms with Gasteiger partial charge in [0.1, 0.15) is 0 Å². The van der Waals surface area contributed by atoms with E-state index < -0.39 is 0 Å². The SMILES string of the molecule is CCCC(CC)c1c(C)c(C)nc(C)c1C. The summed E-state index contributed by atoms with van der Waals surface area (Å²) in [4.78, 5) is 4.61. The first-order chi connectivity index (χ1) is 7.52. The summed E-state index contributed by atoms with van der Waals surface area (Å²) in [5.74, 6) is 0.713. The highest BCUT2D eigenvalue weighted by Crippen LogP contribution is 2.32. The van der Waals surface area contributed by atoms with E-state index in [0.29, 0.717) is 5.92 Å². The van der Waals surface area contributed by atoms with Crippen LogP contribution in [0.5, 0.6) is 0 Å². The van der Waals surface area contributed by atoms with Crippen molar-refractivity contribution in [3.8, 4) is 0 Å². The van der Waals surface area contributed by atoms with Gasteiger partial charge in [-0.25, -0.2) is 0 Å². The summed E-state index contributed by atoms with van der Waals surface area (Å²) in [6, 6.07) is 0. The molecular weight excluding hydrogens is 194 g/mol. The van der Waals surface area contributed by atoms with Gasteiger partial charge in [-0.05, 0) is 63.1 Å². The first-order valence-corrected chi connectivity index (χ1v) is 6.47. The number of hydrogen-bond acceptors (Lipinski definition) is 1. The minimum Gasteiger partial charge on any atom is -0.258 e. The number of rotatable bonds is 4. The zero-order chi connectivity index (χ0) is 12.3. The van der Waals surface area contributed by atoms with Crippen LogP contribution in [0.1, 0.15) is 67.1 Å². The molecule has 0 aliphatic carbocycles. The molecule has 0 amide bonds. The quantitative estimate of drug-likeness (QED) is 0.720. The van der Waals surface area contributed by atoms with Crippen LogP contribution in [-0.4, -0.2) is 4.98 Å². The van der Waals surface area contributed by atoms with E-state index in [9.17, 15) is 0 Å². The van der Waals surface area contributed by atoms with Crippen molar-refractivity contribution < 1.29 is 0 Å². The molecule has 1 unspecified atom stereocenters. The van der Waals surface area contributed by atoms with Crippen LogP contribution < -0.4 is 0 Å². The molecule has 1 atom stereocenters. The van der Waals surface area contributed by atoms with Gasteiger partial charge in [0.05, 0.1) is 0 Å². The largest absolute Gasteiger partial charge is 0.258 e. The Balaban J connectivity index is 3.29. The molecule has 0 saturated carbocycles. The van der Waals surface area contributed by atoms with Gasteiger partial charge in [-0.2, -0.15) is 0 Å². The lowest BCUT2D eigenvalue weighted by Crippen LogP contribution is -2.08. The van der Waals surface area contributed by atoms with Gasteiger partial charge < -0.3 is 0 Å². The van der Waals surface area contributed by atoms with Gasteiger partial charge >= 0.3 is 0 Å². The maximum Gasteiger partial charge on any atom is 0.0408 e. The van der Waals surface area contributed by atoms with Gasteiger partial charge in [0.25, 0.3) is 0 Å². The van der Waals surface area contributed by atoms with Crippen LogP contribution in [0.4, 0.5) is 0 Å². The minimum absolute atomic E-state index is 0.713. The molecule has 1 aromatic rings. The second-order valence-corrected chi connectivity index (χ2v) is 4.84. The summed E-state index contributed by atoms with van der Waals surface area (Å²) in [5, 5.41) is 0. The molecule has 0 bridgehead atoms. The molecule has 0 spiro atoms. The highest BCUT2D eigenvalue weighted by atomic mass is 14.7. The molecule has 1 heteroatoms. The normalized spacial score (nSPS) is 12.9. The Labute approximate surface area is 100 Å². The number of pyridine rings is 1. The lowest BCUT2D eigenvalue weighted by atomic mass is 9.85. The van der Waals surface area contributed by atoms with Gasteiger partial charge in [-0.15, -0.1) is 0 Å². The van der Waals surface area contributed by atoms with E-state index in [4.69, 9.17) is 0 Å². The van der Waals surface area contributed by atoms with Crippen LogP contribution in [0.3, 0.4) is 0 Å². The van der Waals surface area contributed by atoms with Gasteiger partial charge in [-0.1, -0.05) is 20.3 Å². The lowest BCUT2D eigenvalue weighted by molar-refractivity contribution is 0.587. The van der Waals surface area contributed by atoms with Crippen molar-refractivity contribution in [2.45, 2.75) is 66.7 Å². The van der Waals surface area contributed by atoms with Crippen LogP contribution >= 0.6 is 0 Å². The third-order valence-corrected chi connectivity index (χ3v) is 3.77. The minimum atomic E-state index is 0.713. The van der Waals surface area contributed by atoms with E-state index in [-0.39, 0.29) is 0 Å². The molecule has 90 valence electrons. The molecule has 16 heavy (non-hydrogen) atoms. The highest BCUT2D eigenvalue weighted by Gasteiger charge is 2.17. The molecule has 1 rings (SSSR count). The molecule has 0 N–H and O–H groups in total. The van der Waals surface area contributed by atoms with E-state index in [1.54, 1.807) is 5.56 Å². The molecule has 0 aliphatic rings. The summed E-state index contributed by atoms with van der Waals surface area (Å²) in [6.45, 7) is 13.3. The van der Waals surface area contributed by atoms with Crippen molar-refractivity contribution in [2.75, 3.05) is 0 Å². The zero-order valence-corrected chi connectivity index (χ0v) is 11.6. The van der Waals surface area contributed by atoms with Crippen LogP contribution in [0.25, 0.3) is 0 Å². The van der Waals surface area contributed by atoms with Crippen molar-refractivity contribution in [2.24, 2.45) is 0 Å². The maximum atomic E-state index is 4.61. The van der Waals surface area contributed by atoms with Crippen molar-refractivity contribution in [3.63, 3.8) is 0 Å². The average molecular weight is 219 g/mol. The second-order valence-electron chi connectivity index (χ2n) is 4.84. The third-order valence-electron chi connectivity index (χ3n) is 3.77. The van der Waals surface area contributed by atoms with E-state index in [2.05, 4.69) is 46.5 Å². The van der Waals surface area contributed by atoms with Crippen molar-refractivity contribution in [1.82, 2.24) is 4.98 Å². The number of nitrogens with zero attached hydrogens (tertiary/aromatic N) is 1. The van der Waals surface area contributed by atoms with E-state index in [1.165, 1.54) is 41.8 Å². The van der Waals surface area contributed by atoms with E-state index in [0.717, 1.165) is 0 Å². The first kappa shape index (κ1) is 13.2. The Bertz CT molecular complexity index is 340. The number of hydrogen-bond donors (Lipinski definition) is 0. The molecule has 0 radical (unpaired) electrons. The molecular formula is C15H25N. The number of aromatic nitrogens is 1. The summed E-state index contributed by atoms with van der Waals surface area (Å²) in [6.07, 6.45) is 3.79. The Morgan fingerprint density at radius 3 is 1.81 bits per heavy atom. The van der Waals surface area contributed by atoms with Gasteiger partial charge in [-0.3, -0.25) is 4.98 Å². The smallest absolute Gasteiger partial charge is 0.0408 e. The zero-order valence-electron chi connectivity index (χ0n) is 11.6. The Morgan fingerprint density at radius 1 is 0.938 bits per heavy atom. The molecule has 1 heterocycles. The van der Waals surface area contributed by atoms with Gasteiger partial charge in [0.15, 0.2) is 0 Å². The Morgan fingerprint density at radius 2 is 1.44 bits per heavy atom. The molecule has 1 aromatic heterocycles. The molecule has 1 nitrogen and oxygen atoms in total. The van der Waals surface area contributed by atoms with Crippen molar-refractivity contribution in [3.05, 3.63) is 28.1 Å². The fourth-order valence-corrected chi connectivity index (χ4v) is 2.60. The maximum absolute atomic E-state index is 4.61. The first-order valence-electron chi connectivity index (χ1n) is 6.47. The summed E-state index contributed by atoms with van der Waals surface area (Å²) >= 11 is 0. The topological polar surface area (TPSA) is 12.9 Å². The van der Waals surface area contributed by atoms with Crippen molar-refractivity contribution >= 4 is 0 Å². The highest BCUT2D eigenvalue weighted by molar-refractivity contribution is 5.40. The fraction of sp³-hybridized carbons (Fsp3) is 0.667. The number of aryl methyl sites for hydroxylation is 2. The molecule has 0 aromatic carbocycles. The third kappa shape index (κ3) is 2.45. The predicted octanol–water partition coefficient (Wildman–Crippen LogP) is 4.61. The Kier molecular flexibility index (Phi) is 4.52. The molecule has 0 fully saturated rings. The summed E-state index contributed by atoms with van der Waals surface area (Å²) in [5.41, 5.74) is 6.78. The van der Waals surface area contributed by atoms with Crippen LogP contribution in [0, 0.1) is 27.7 Å². The standard InChI is InChI=1S/C15H25N/c1-7-9-14(8-2)15-10(3)12(5)16-13(6)11(15)4/h14H,7-9H2,1-6H3. The van der Waals surface area contributed by atoms with Crippen LogP contribution in [-0.2, 0) is 0 Å². The van der Waals surface area contributed by atoms with E-state index >= 15 is 0 Å². The lowest BCUT2D eigenvalue weighted by Gasteiger charge is -2.22. The second kappa shape index (κ2) is 5.47. The molecule has 0 aliphatic heterocycles. The fourth-order valence-electron chi connectivity index (χ4n) is 2.60. The van der Waals surface area contributed by atoms with Crippen LogP contribution in [0.15, 0.2) is 0 Å². The Hall–Kier alpha value is -0.850. The van der Waals surface area contributed by atoms with Crippen molar-refractivity contribution in [1.29, 1.82) is 0 Å². The monoisotopic (exact) mass is 219 g/mol. The average Bonchev–Trinajstić information content (AvgIpc) is 2.25. The molecule has 0 saturated heterocycles. The predicted molar refractivity (Wildman–Crippen MR) is 71.1 cm³/mol.